The molecule has 2 amide bonds. The van der Waals surface area contributed by atoms with E-state index < -0.39 is 42.1 Å². The molecule has 0 atom stereocenters. The quantitative estimate of drug-likeness (QED) is 0.810. The van der Waals surface area contributed by atoms with Gasteiger partial charge >= 0.3 is 0 Å². The third-order valence-corrected chi connectivity index (χ3v) is 3.63. The van der Waals surface area contributed by atoms with Crippen LogP contribution in [0, 0.1) is 11.6 Å². The zero-order chi connectivity index (χ0) is 18.6. The first-order chi connectivity index (χ1) is 11.8. The molecule has 1 heterocycles. The number of hydrogen-bond donors (Lipinski definition) is 2. The third-order valence-electron chi connectivity index (χ3n) is 2.89. The summed E-state index contributed by atoms with van der Waals surface area (Å²) in [5, 5.41) is 7.83. The maximum absolute atomic E-state index is 13.0. The molecular weight excluding hydrogens is 381 g/mol. The van der Waals surface area contributed by atoms with Gasteiger partial charge in [0, 0.05) is 11.8 Å². The Morgan fingerprint density at radius 1 is 1.16 bits per heavy atom. The lowest BCUT2D eigenvalue weighted by Gasteiger charge is -2.08. The third kappa shape index (κ3) is 4.97. The molecule has 0 saturated carbocycles. The Morgan fingerprint density at radius 2 is 1.88 bits per heavy atom. The van der Waals surface area contributed by atoms with E-state index in [1.807, 2.05) is 0 Å². The second kappa shape index (κ2) is 8.04. The highest BCUT2D eigenvalue weighted by Crippen LogP contribution is 2.14. The number of aromatic nitrogens is 2. The number of halogens is 4. The summed E-state index contributed by atoms with van der Waals surface area (Å²) in [6.45, 7) is -0.928. The van der Waals surface area contributed by atoms with Crippen molar-refractivity contribution in [3.05, 3.63) is 56.4 Å². The monoisotopic (exact) mass is 390 g/mol. The van der Waals surface area contributed by atoms with Gasteiger partial charge in [0.2, 0.25) is 11.8 Å². The molecule has 0 bridgehead atoms. The molecule has 132 valence electrons. The van der Waals surface area contributed by atoms with Crippen LogP contribution in [0.5, 0.6) is 0 Å². The predicted molar refractivity (Wildman–Crippen MR) is 86.5 cm³/mol. The van der Waals surface area contributed by atoms with Crippen LogP contribution in [-0.2, 0) is 16.1 Å². The summed E-state index contributed by atoms with van der Waals surface area (Å²) in [5.74, 6) is -3.53. The molecule has 2 aromatic rings. The van der Waals surface area contributed by atoms with Crippen LogP contribution in [0.3, 0.4) is 0 Å². The molecule has 0 aliphatic rings. The Bertz CT molecular complexity index is 889. The van der Waals surface area contributed by atoms with Gasteiger partial charge in [-0.25, -0.2) is 13.5 Å². The first kappa shape index (κ1) is 18.8. The minimum Gasteiger partial charge on any atom is -0.345 e. The summed E-state index contributed by atoms with van der Waals surface area (Å²) in [7, 11) is 0. The molecule has 0 fully saturated rings. The average Bonchev–Trinajstić information content (AvgIpc) is 2.57. The van der Waals surface area contributed by atoms with Crippen molar-refractivity contribution in [2.24, 2.45) is 0 Å². The highest BCUT2D eigenvalue weighted by Gasteiger charge is 2.12. The van der Waals surface area contributed by atoms with Crippen LogP contribution >= 0.6 is 23.2 Å². The zero-order valence-electron chi connectivity index (χ0n) is 12.4. The Labute approximate surface area is 149 Å². The lowest BCUT2D eigenvalue weighted by molar-refractivity contribution is -0.124. The van der Waals surface area contributed by atoms with E-state index in [1.165, 1.54) is 0 Å². The fourth-order valence-electron chi connectivity index (χ4n) is 1.71. The SMILES string of the molecule is O=C(Cn1ncc(Cl)c(Cl)c1=O)NCC(=O)Nc1ccc(F)c(F)c1. The smallest absolute Gasteiger partial charge is 0.287 e. The lowest BCUT2D eigenvalue weighted by Crippen LogP contribution is -2.37. The van der Waals surface area contributed by atoms with Crippen LogP contribution in [0.4, 0.5) is 14.5 Å². The van der Waals surface area contributed by atoms with Crippen LogP contribution in [0.15, 0.2) is 29.2 Å². The fraction of sp³-hybridized carbons (Fsp3) is 0.143. The largest absolute Gasteiger partial charge is 0.345 e. The summed E-state index contributed by atoms with van der Waals surface area (Å²) >= 11 is 11.3. The van der Waals surface area contributed by atoms with Crippen molar-refractivity contribution in [3.63, 3.8) is 0 Å². The van der Waals surface area contributed by atoms with Gasteiger partial charge in [-0.1, -0.05) is 23.2 Å². The van der Waals surface area contributed by atoms with Crippen molar-refractivity contribution >= 4 is 40.7 Å². The van der Waals surface area contributed by atoms with Crippen molar-refractivity contribution in [2.45, 2.75) is 6.54 Å². The first-order valence-electron chi connectivity index (χ1n) is 6.70. The molecule has 0 spiro atoms. The zero-order valence-corrected chi connectivity index (χ0v) is 13.9. The summed E-state index contributed by atoms with van der Waals surface area (Å²) in [5.41, 5.74) is -0.726. The van der Waals surface area contributed by atoms with Crippen molar-refractivity contribution in [1.82, 2.24) is 15.1 Å². The molecule has 2 rings (SSSR count). The number of benzene rings is 1. The van der Waals surface area contributed by atoms with E-state index in [0.717, 1.165) is 29.1 Å². The van der Waals surface area contributed by atoms with Gasteiger partial charge in [0.05, 0.1) is 17.8 Å². The van der Waals surface area contributed by atoms with Crippen molar-refractivity contribution in [3.8, 4) is 0 Å². The van der Waals surface area contributed by atoms with Gasteiger partial charge < -0.3 is 10.6 Å². The van der Waals surface area contributed by atoms with Crippen LogP contribution in [0.2, 0.25) is 10.0 Å². The summed E-state index contributed by atoms with van der Waals surface area (Å²) in [4.78, 5) is 35.1. The van der Waals surface area contributed by atoms with Gasteiger partial charge in [-0.15, -0.1) is 0 Å². The fourth-order valence-corrected chi connectivity index (χ4v) is 1.98. The standard InChI is InChI=1S/C14H10Cl2F2N4O3/c15-8-4-20-22(14(25)13(8)16)6-12(24)19-5-11(23)21-7-1-2-9(17)10(18)3-7/h1-4H,5-6H2,(H,19,24)(H,21,23). The van der Waals surface area contributed by atoms with E-state index in [0.29, 0.717) is 0 Å². The second-order valence-corrected chi connectivity index (χ2v) is 5.51. The van der Waals surface area contributed by atoms with E-state index in [-0.39, 0.29) is 15.7 Å². The molecule has 0 unspecified atom stereocenters. The minimum absolute atomic E-state index is 0.0283. The maximum atomic E-state index is 13.0. The predicted octanol–water partition coefficient (Wildman–Crippen LogP) is 1.58. The molecule has 0 aliphatic carbocycles. The number of carbonyl (C=O) groups is 2. The molecule has 0 saturated heterocycles. The Kier molecular flexibility index (Phi) is 6.05. The topological polar surface area (TPSA) is 93.1 Å². The van der Waals surface area contributed by atoms with Gasteiger partial charge in [0.25, 0.3) is 5.56 Å². The number of amides is 2. The Morgan fingerprint density at radius 3 is 2.56 bits per heavy atom. The minimum atomic E-state index is -1.12. The van der Waals surface area contributed by atoms with Crippen LogP contribution in [0.1, 0.15) is 0 Å². The molecule has 0 aliphatic heterocycles. The van der Waals surface area contributed by atoms with Gasteiger partial charge in [-0.2, -0.15) is 5.10 Å². The van der Waals surface area contributed by atoms with E-state index in [9.17, 15) is 23.2 Å². The van der Waals surface area contributed by atoms with E-state index in [1.54, 1.807) is 0 Å². The van der Waals surface area contributed by atoms with E-state index in [2.05, 4.69) is 15.7 Å². The highest BCUT2D eigenvalue weighted by atomic mass is 35.5. The van der Waals surface area contributed by atoms with Gasteiger partial charge in [0.15, 0.2) is 11.6 Å². The number of anilines is 1. The summed E-state index contributed by atoms with van der Waals surface area (Å²) in [6.07, 6.45) is 1.11. The molecule has 1 aromatic carbocycles. The summed E-state index contributed by atoms with van der Waals surface area (Å²) < 4.78 is 26.6. The molecule has 0 radical (unpaired) electrons. The normalized spacial score (nSPS) is 10.4. The Balaban J connectivity index is 1.89. The highest BCUT2D eigenvalue weighted by molar-refractivity contribution is 6.41. The van der Waals surface area contributed by atoms with E-state index >= 15 is 0 Å². The van der Waals surface area contributed by atoms with Gasteiger partial charge in [0.1, 0.15) is 11.6 Å². The Hall–Kier alpha value is -2.52. The molecule has 7 nitrogen and oxygen atoms in total. The van der Waals surface area contributed by atoms with Crippen LogP contribution in [0.25, 0.3) is 0 Å². The number of hydrogen-bond acceptors (Lipinski definition) is 4. The molecule has 25 heavy (non-hydrogen) atoms. The second-order valence-electron chi connectivity index (χ2n) is 4.72. The number of nitrogens with one attached hydrogen (secondary N) is 2. The number of nitrogens with zero attached hydrogens (tertiary/aromatic N) is 2. The number of carbonyl (C=O) groups excluding carboxylic acids is 2. The maximum Gasteiger partial charge on any atom is 0.287 e. The van der Waals surface area contributed by atoms with Crippen LogP contribution < -0.4 is 16.2 Å². The molecule has 2 N–H and O–H groups in total. The first-order valence-corrected chi connectivity index (χ1v) is 7.46. The van der Waals surface area contributed by atoms with Crippen molar-refractivity contribution in [1.29, 1.82) is 0 Å². The summed E-state index contributed by atoms with van der Waals surface area (Å²) in [6, 6.07) is 2.82. The van der Waals surface area contributed by atoms with Crippen LogP contribution in [-0.4, -0.2) is 28.1 Å². The molecule has 11 heteroatoms. The molecule has 1 aromatic heterocycles. The number of rotatable bonds is 5. The van der Waals surface area contributed by atoms with E-state index in [4.69, 9.17) is 23.2 Å². The van der Waals surface area contributed by atoms with Crippen molar-refractivity contribution < 1.29 is 18.4 Å². The lowest BCUT2D eigenvalue weighted by atomic mass is 10.3. The molecular formula is C14H10Cl2F2N4O3. The van der Waals surface area contributed by atoms with Gasteiger partial charge in [-0.05, 0) is 12.1 Å². The van der Waals surface area contributed by atoms with Crippen molar-refractivity contribution in [2.75, 3.05) is 11.9 Å². The van der Waals surface area contributed by atoms with Gasteiger partial charge in [-0.3, -0.25) is 14.4 Å². The average molecular weight is 391 g/mol.